The number of amides is 10. The monoisotopic (exact) mass is 805 g/mol. The molecule has 0 fully saturated rings. The SMILES string of the molecule is CC(C)NC(=O)NC[C@H](C)NC(=O)NC[C@H](C)NC(=O)OC(C)(C)C.CC(C)NC(=O)NC[C@H](C)NC(=O)NC[C@H](C)NCNC[C@H](C)NC(=O)OC(C)(C)C. The maximum absolute atomic E-state index is 12.0. The average molecular weight is 805 g/mol. The predicted octanol–water partition coefficient (Wildman–Crippen LogP) is 2.12. The average Bonchev–Trinajstić information content (AvgIpc) is 3.00. The highest BCUT2D eigenvalue weighted by atomic mass is 16.6. The number of hydrogen-bond acceptors (Lipinski definition) is 10. The molecule has 56 heavy (non-hydrogen) atoms. The van der Waals surface area contributed by atoms with Crippen molar-refractivity contribution in [2.45, 2.75) is 157 Å². The Morgan fingerprint density at radius 3 is 1.02 bits per heavy atom. The van der Waals surface area contributed by atoms with E-state index in [1.807, 2.05) is 69.2 Å². The Labute approximate surface area is 334 Å². The van der Waals surface area contributed by atoms with Crippen molar-refractivity contribution in [1.82, 2.24) is 63.8 Å². The molecule has 20 heteroatoms. The Hall–Kier alpha value is -4.46. The van der Waals surface area contributed by atoms with Gasteiger partial charge in [0.2, 0.25) is 0 Å². The van der Waals surface area contributed by atoms with E-state index in [1.165, 1.54) is 0 Å². The highest BCUT2D eigenvalue weighted by Gasteiger charge is 2.19. The fourth-order valence-corrected chi connectivity index (χ4v) is 3.99. The molecule has 0 rings (SSSR count). The summed E-state index contributed by atoms with van der Waals surface area (Å²) in [7, 11) is 0. The smallest absolute Gasteiger partial charge is 0.407 e. The lowest BCUT2D eigenvalue weighted by atomic mass is 10.2. The van der Waals surface area contributed by atoms with Crippen molar-refractivity contribution >= 4 is 36.3 Å². The first kappa shape index (κ1) is 53.6. The van der Waals surface area contributed by atoms with E-state index >= 15 is 0 Å². The summed E-state index contributed by atoms with van der Waals surface area (Å²) in [6.45, 7) is 29.9. The van der Waals surface area contributed by atoms with Gasteiger partial charge in [-0.2, -0.15) is 0 Å². The second kappa shape index (κ2) is 28.0. The van der Waals surface area contributed by atoms with Crippen molar-refractivity contribution in [2.75, 3.05) is 39.4 Å². The molecule has 0 heterocycles. The Morgan fingerprint density at radius 2 is 0.696 bits per heavy atom. The van der Waals surface area contributed by atoms with Crippen LogP contribution < -0.4 is 63.8 Å². The van der Waals surface area contributed by atoms with Crippen LogP contribution in [0, 0.1) is 0 Å². The van der Waals surface area contributed by atoms with Crippen molar-refractivity contribution < 1.29 is 38.2 Å². The van der Waals surface area contributed by atoms with Gasteiger partial charge in [0.15, 0.2) is 0 Å². The van der Waals surface area contributed by atoms with E-state index in [-0.39, 0.29) is 73.0 Å². The summed E-state index contributed by atoms with van der Waals surface area (Å²) in [5.41, 5.74) is -1.09. The van der Waals surface area contributed by atoms with Gasteiger partial charge in [-0.25, -0.2) is 28.8 Å². The molecule has 0 saturated heterocycles. The zero-order valence-corrected chi connectivity index (χ0v) is 36.6. The van der Waals surface area contributed by atoms with Crippen LogP contribution in [0.1, 0.15) is 104 Å². The summed E-state index contributed by atoms with van der Waals surface area (Å²) in [4.78, 5) is 70.1. The van der Waals surface area contributed by atoms with Gasteiger partial charge in [0.25, 0.3) is 0 Å². The van der Waals surface area contributed by atoms with Gasteiger partial charge in [-0.05, 0) is 104 Å². The largest absolute Gasteiger partial charge is 0.444 e. The van der Waals surface area contributed by atoms with Gasteiger partial charge in [-0.15, -0.1) is 0 Å². The van der Waals surface area contributed by atoms with Gasteiger partial charge in [-0.3, -0.25) is 0 Å². The highest BCUT2D eigenvalue weighted by Crippen LogP contribution is 2.07. The van der Waals surface area contributed by atoms with Gasteiger partial charge in [0.05, 0.1) is 0 Å². The van der Waals surface area contributed by atoms with E-state index in [1.54, 1.807) is 34.6 Å². The molecule has 0 bridgehead atoms. The molecule has 0 saturated carbocycles. The van der Waals surface area contributed by atoms with E-state index in [0.717, 1.165) is 0 Å². The summed E-state index contributed by atoms with van der Waals surface area (Å²) in [5.74, 6) is 0. The number of ether oxygens (including phenoxy) is 2. The third kappa shape index (κ3) is 36.5. The number of rotatable bonds is 19. The first-order valence-corrected chi connectivity index (χ1v) is 19.3. The van der Waals surface area contributed by atoms with Crippen LogP contribution in [0.15, 0.2) is 0 Å². The lowest BCUT2D eigenvalue weighted by Gasteiger charge is -2.22. The van der Waals surface area contributed by atoms with Crippen molar-refractivity contribution in [3.8, 4) is 0 Å². The van der Waals surface area contributed by atoms with Crippen molar-refractivity contribution in [2.24, 2.45) is 0 Å². The Kier molecular flexibility index (Phi) is 26.8. The van der Waals surface area contributed by atoms with Crippen molar-refractivity contribution in [1.29, 1.82) is 0 Å². The molecule has 0 unspecified atom stereocenters. The normalized spacial score (nSPS) is 13.9. The summed E-state index contributed by atoms with van der Waals surface area (Å²) < 4.78 is 10.4. The number of nitrogens with one attached hydrogen (secondary N) is 12. The second-order valence-electron chi connectivity index (χ2n) is 16.4. The number of urea groups is 4. The third-order valence-corrected chi connectivity index (χ3v) is 6.42. The molecule has 328 valence electrons. The molecule has 12 N–H and O–H groups in total. The number of carbonyl (C=O) groups excluding carboxylic acids is 6. The lowest BCUT2D eigenvalue weighted by Crippen LogP contribution is -2.51. The van der Waals surface area contributed by atoms with Crippen LogP contribution >= 0.6 is 0 Å². The van der Waals surface area contributed by atoms with E-state index < -0.39 is 23.4 Å². The fraction of sp³-hybridized carbons (Fsp3) is 0.833. The molecule has 0 aliphatic rings. The van der Waals surface area contributed by atoms with E-state index in [0.29, 0.717) is 32.8 Å². The topological polar surface area (TPSA) is 265 Å². The van der Waals surface area contributed by atoms with Crippen molar-refractivity contribution in [3.63, 3.8) is 0 Å². The predicted molar refractivity (Wildman–Crippen MR) is 218 cm³/mol. The minimum Gasteiger partial charge on any atom is -0.444 e. The van der Waals surface area contributed by atoms with Gasteiger partial charge >= 0.3 is 36.3 Å². The zero-order chi connectivity index (χ0) is 43.6. The van der Waals surface area contributed by atoms with Crippen LogP contribution in [0.25, 0.3) is 0 Å². The summed E-state index contributed by atoms with van der Waals surface area (Å²) >= 11 is 0. The molecule has 0 radical (unpaired) electrons. The number of alkyl carbamates (subject to hydrolysis) is 2. The number of carbonyl (C=O) groups is 6. The first-order chi connectivity index (χ1) is 25.7. The second-order valence-corrected chi connectivity index (χ2v) is 16.4. The summed E-state index contributed by atoms with van der Waals surface area (Å²) in [5, 5.41) is 33.5. The Morgan fingerprint density at radius 1 is 0.411 bits per heavy atom. The van der Waals surface area contributed by atoms with Gasteiger partial charge in [0, 0.05) is 81.7 Å². The molecule has 0 aromatic rings. The minimum absolute atomic E-state index is 0.0395. The molecule has 0 aliphatic carbocycles. The van der Waals surface area contributed by atoms with Gasteiger partial charge in [0.1, 0.15) is 11.2 Å². The summed E-state index contributed by atoms with van der Waals surface area (Å²) in [6, 6.07) is -1.90. The molecule has 0 spiro atoms. The van der Waals surface area contributed by atoms with Gasteiger partial charge in [-0.1, -0.05) is 0 Å². The lowest BCUT2D eigenvalue weighted by molar-refractivity contribution is 0.0496. The van der Waals surface area contributed by atoms with Crippen LogP contribution in [-0.2, 0) is 9.47 Å². The first-order valence-electron chi connectivity index (χ1n) is 19.3. The standard InChI is InChI=1S/C20H43N7O4.C16H33N5O4/c1-13(2)25-17(28)23-11-16(5)26-18(29)22-10-14(3)24-12-21-9-15(4)27-19(30)31-20(6,7)8;1-10(2)19-13(22)17-8-11(3)20-14(23)18-9-12(4)21-15(24)25-16(5,6)7/h13-16,21,24H,9-12H2,1-8H3,(H,27,30)(H2,22,26,29)(H2,23,25,28);10-12H,8-9H2,1-7H3,(H,21,24)(H2,17,19,22)(H2,18,20,23)/t14-,15-,16-;11-,12-/m00/s1. The molecular weight excluding hydrogens is 728 g/mol. The maximum Gasteiger partial charge on any atom is 0.407 e. The minimum atomic E-state index is -0.571. The fourth-order valence-electron chi connectivity index (χ4n) is 3.99. The molecule has 5 atom stereocenters. The Bertz CT molecular complexity index is 1180. The molecule has 0 aliphatic heterocycles. The van der Waals surface area contributed by atoms with Crippen LogP contribution in [0.5, 0.6) is 0 Å². The quantitative estimate of drug-likeness (QED) is 0.0668. The number of hydrogen-bond donors (Lipinski definition) is 12. The van der Waals surface area contributed by atoms with Crippen LogP contribution in [0.4, 0.5) is 28.8 Å². The van der Waals surface area contributed by atoms with E-state index in [4.69, 9.17) is 9.47 Å². The van der Waals surface area contributed by atoms with Crippen molar-refractivity contribution in [3.05, 3.63) is 0 Å². The maximum atomic E-state index is 12.0. The molecule has 0 aromatic carbocycles. The van der Waals surface area contributed by atoms with E-state index in [9.17, 15) is 28.8 Å². The Balaban J connectivity index is 0. The summed E-state index contributed by atoms with van der Waals surface area (Å²) in [6.07, 6.45) is -0.973. The van der Waals surface area contributed by atoms with E-state index in [2.05, 4.69) is 63.8 Å². The molecule has 0 aromatic heterocycles. The third-order valence-electron chi connectivity index (χ3n) is 6.42. The molecule has 10 amide bonds. The highest BCUT2D eigenvalue weighted by molar-refractivity contribution is 5.76. The van der Waals surface area contributed by atoms with Gasteiger partial charge < -0.3 is 73.3 Å². The molecular formula is C36H76N12O8. The zero-order valence-electron chi connectivity index (χ0n) is 36.6. The van der Waals surface area contributed by atoms with Crippen LogP contribution in [0.2, 0.25) is 0 Å². The van der Waals surface area contributed by atoms with Crippen LogP contribution in [-0.4, -0.2) is 129 Å². The molecule has 20 nitrogen and oxygen atoms in total. The van der Waals surface area contributed by atoms with Crippen LogP contribution in [0.3, 0.4) is 0 Å².